The van der Waals surface area contributed by atoms with Gasteiger partial charge in [0.25, 0.3) is 0 Å². The number of thiocarbonyl (C=S) groups is 1. The normalized spacial score (nSPS) is 11.2. The minimum absolute atomic E-state index is 0.0565. The molecule has 0 unspecified atom stereocenters. The Labute approximate surface area is 151 Å². The van der Waals surface area contributed by atoms with Crippen LogP contribution >= 0.6 is 35.4 Å². The molecule has 3 N–H and O–H groups in total. The summed E-state index contributed by atoms with van der Waals surface area (Å²) in [5, 5.41) is 15.8. The van der Waals surface area contributed by atoms with Crippen LogP contribution in [0.15, 0.2) is 30.3 Å². The summed E-state index contributed by atoms with van der Waals surface area (Å²) in [5.74, 6) is -0.227. The summed E-state index contributed by atoms with van der Waals surface area (Å²) in [5.41, 5.74) is 0.286. The van der Waals surface area contributed by atoms with Crippen LogP contribution in [0.25, 0.3) is 0 Å². The average molecular weight is 395 g/mol. The van der Waals surface area contributed by atoms with Crippen LogP contribution in [0, 0.1) is 6.92 Å². The Morgan fingerprint density at radius 1 is 1.12 bits per heavy atom. The fourth-order valence-electron chi connectivity index (χ4n) is 1.83. The van der Waals surface area contributed by atoms with E-state index in [0.29, 0.717) is 16.3 Å². The van der Waals surface area contributed by atoms with E-state index in [1.54, 1.807) is 6.92 Å². The molecule has 0 amide bonds. The first-order valence-corrected chi connectivity index (χ1v) is 7.69. The maximum Gasteiger partial charge on any atom is 0.416 e. The predicted octanol–water partition coefficient (Wildman–Crippen LogP) is 5.84. The molecular formula is C15H11Cl2F3N2OS. The molecule has 0 saturated heterocycles. The lowest BCUT2D eigenvalue weighted by Crippen LogP contribution is -2.19. The topological polar surface area (TPSA) is 44.3 Å². The Hall–Kier alpha value is -1.70. The van der Waals surface area contributed by atoms with Gasteiger partial charge in [0.1, 0.15) is 0 Å². The van der Waals surface area contributed by atoms with Gasteiger partial charge in [0.2, 0.25) is 0 Å². The van der Waals surface area contributed by atoms with Crippen molar-refractivity contribution < 1.29 is 18.3 Å². The molecule has 3 nitrogen and oxygen atoms in total. The number of halogens is 5. The average Bonchev–Trinajstić information content (AvgIpc) is 2.50. The zero-order valence-corrected chi connectivity index (χ0v) is 14.5. The van der Waals surface area contributed by atoms with Crippen molar-refractivity contribution in [1.29, 1.82) is 0 Å². The SMILES string of the molecule is Cc1c(Cl)cc(NC(=S)Nc2ccc(C(F)(F)F)cc2)c(O)c1Cl. The second kappa shape index (κ2) is 7.04. The molecule has 0 aromatic heterocycles. The van der Waals surface area contributed by atoms with Gasteiger partial charge in [-0.2, -0.15) is 13.2 Å². The van der Waals surface area contributed by atoms with E-state index < -0.39 is 11.7 Å². The Balaban J connectivity index is 2.12. The summed E-state index contributed by atoms with van der Waals surface area (Å²) in [4.78, 5) is 0. The van der Waals surface area contributed by atoms with Gasteiger partial charge < -0.3 is 15.7 Å². The fraction of sp³-hybridized carbons (Fsp3) is 0.133. The Bertz CT molecular complexity index is 780. The van der Waals surface area contributed by atoms with Crippen molar-refractivity contribution in [1.82, 2.24) is 0 Å². The van der Waals surface area contributed by atoms with Crippen molar-refractivity contribution in [3.05, 3.63) is 51.5 Å². The molecule has 0 fully saturated rings. The lowest BCUT2D eigenvalue weighted by Gasteiger charge is -2.15. The van der Waals surface area contributed by atoms with Gasteiger partial charge in [0.15, 0.2) is 10.9 Å². The van der Waals surface area contributed by atoms with Gasteiger partial charge in [-0.05, 0) is 55.0 Å². The molecule has 0 spiro atoms. The van der Waals surface area contributed by atoms with Crippen LogP contribution in [0.1, 0.15) is 11.1 Å². The number of nitrogens with one attached hydrogen (secondary N) is 2. The summed E-state index contributed by atoms with van der Waals surface area (Å²) in [7, 11) is 0. The van der Waals surface area contributed by atoms with Gasteiger partial charge in [0, 0.05) is 10.7 Å². The van der Waals surface area contributed by atoms with Crippen LogP contribution in [0.2, 0.25) is 10.0 Å². The molecule has 0 aliphatic heterocycles. The third kappa shape index (κ3) is 4.23. The number of hydrogen-bond donors (Lipinski definition) is 3. The van der Waals surface area contributed by atoms with Crippen LogP contribution in [0.5, 0.6) is 5.75 Å². The van der Waals surface area contributed by atoms with E-state index in [2.05, 4.69) is 10.6 Å². The summed E-state index contributed by atoms with van der Waals surface area (Å²) in [6.07, 6.45) is -4.40. The van der Waals surface area contributed by atoms with Gasteiger partial charge >= 0.3 is 6.18 Å². The van der Waals surface area contributed by atoms with Crippen molar-refractivity contribution in [2.24, 2.45) is 0 Å². The van der Waals surface area contributed by atoms with Crippen LogP contribution < -0.4 is 10.6 Å². The molecule has 0 aliphatic carbocycles. The summed E-state index contributed by atoms with van der Waals surface area (Å²) in [6.45, 7) is 1.65. The van der Waals surface area contributed by atoms with E-state index in [-0.39, 0.29) is 21.6 Å². The highest BCUT2D eigenvalue weighted by molar-refractivity contribution is 7.80. The monoisotopic (exact) mass is 394 g/mol. The van der Waals surface area contributed by atoms with Crippen LogP contribution in [-0.2, 0) is 6.18 Å². The Morgan fingerprint density at radius 2 is 1.71 bits per heavy atom. The molecule has 128 valence electrons. The summed E-state index contributed by atoms with van der Waals surface area (Å²) >= 11 is 17.0. The number of phenolic OH excluding ortho intramolecular Hbond substituents is 1. The number of benzene rings is 2. The zero-order chi connectivity index (χ0) is 18.1. The molecule has 0 heterocycles. The molecule has 9 heteroatoms. The van der Waals surface area contributed by atoms with Crippen molar-refractivity contribution in [2.45, 2.75) is 13.1 Å². The Morgan fingerprint density at radius 3 is 2.25 bits per heavy atom. The van der Waals surface area contributed by atoms with Crippen molar-refractivity contribution >= 4 is 51.9 Å². The first-order chi connectivity index (χ1) is 11.1. The number of anilines is 2. The highest BCUT2D eigenvalue weighted by Crippen LogP contribution is 2.38. The van der Waals surface area contributed by atoms with Crippen LogP contribution in [0.3, 0.4) is 0 Å². The largest absolute Gasteiger partial charge is 0.504 e. The highest BCUT2D eigenvalue weighted by Gasteiger charge is 2.29. The van der Waals surface area contributed by atoms with Gasteiger partial charge in [0.05, 0.1) is 16.3 Å². The molecule has 2 aromatic carbocycles. The number of aromatic hydroxyl groups is 1. The molecule has 24 heavy (non-hydrogen) atoms. The van der Waals surface area contributed by atoms with Crippen molar-refractivity contribution in [2.75, 3.05) is 10.6 Å². The first-order valence-electron chi connectivity index (χ1n) is 6.52. The number of hydrogen-bond acceptors (Lipinski definition) is 2. The molecular weight excluding hydrogens is 384 g/mol. The van der Waals surface area contributed by atoms with Gasteiger partial charge in [-0.15, -0.1) is 0 Å². The smallest absolute Gasteiger partial charge is 0.416 e. The molecule has 2 rings (SSSR count). The molecule has 0 radical (unpaired) electrons. The van der Waals surface area contributed by atoms with E-state index in [9.17, 15) is 18.3 Å². The third-order valence-corrected chi connectivity index (χ3v) is 4.20. The minimum atomic E-state index is -4.40. The number of phenols is 1. The second-order valence-electron chi connectivity index (χ2n) is 4.85. The van der Waals surface area contributed by atoms with Gasteiger partial charge in [-0.3, -0.25) is 0 Å². The maximum atomic E-state index is 12.5. The molecule has 0 atom stereocenters. The third-order valence-electron chi connectivity index (χ3n) is 3.14. The first kappa shape index (κ1) is 18.6. The van der Waals surface area contributed by atoms with Crippen molar-refractivity contribution in [3.63, 3.8) is 0 Å². The van der Waals surface area contributed by atoms with Crippen molar-refractivity contribution in [3.8, 4) is 5.75 Å². The van der Waals surface area contributed by atoms with E-state index >= 15 is 0 Å². The fourth-order valence-corrected chi connectivity index (χ4v) is 2.51. The van der Waals surface area contributed by atoms with Crippen LogP contribution in [0.4, 0.5) is 24.5 Å². The quantitative estimate of drug-likeness (QED) is 0.442. The maximum absolute atomic E-state index is 12.5. The van der Waals surface area contributed by atoms with Crippen LogP contribution in [-0.4, -0.2) is 10.2 Å². The standard InChI is InChI=1S/C15H11Cl2F3N2OS/c1-7-10(16)6-11(13(23)12(7)17)22-14(24)21-9-4-2-8(3-5-9)15(18,19)20/h2-6,23H,1H3,(H2,21,22,24). The number of rotatable bonds is 2. The Kier molecular flexibility index (Phi) is 5.47. The van der Waals surface area contributed by atoms with E-state index in [1.807, 2.05) is 0 Å². The lowest BCUT2D eigenvalue weighted by molar-refractivity contribution is -0.137. The highest BCUT2D eigenvalue weighted by atomic mass is 35.5. The molecule has 0 saturated carbocycles. The predicted molar refractivity (Wildman–Crippen MR) is 94.2 cm³/mol. The molecule has 0 bridgehead atoms. The summed E-state index contributed by atoms with van der Waals surface area (Å²) < 4.78 is 37.5. The van der Waals surface area contributed by atoms with E-state index in [0.717, 1.165) is 12.1 Å². The molecule has 0 aliphatic rings. The second-order valence-corrected chi connectivity index (χ2v) is 6.04. The number of alkyl halides is 3. The summed E-state index contributed by atoms with van der Waals surface area (Å²) in [6, 6.07) is 5.79. The van der Waals surface area contributed by atoms with Gasteiger partial charge in [-0.25, -0.2) is 0 Å². The zero-order valence-electron chi connectivity index (χ0n) is 12.1. The minimum Gasteiger partial charge on any atom is -0.504 e. The molecule has 2 aromatic rings. The lowest BCUT2D eigenvalue weighted by atomic mass is 10.2. The van der Waals surface area contributed by atoms with E-state index in [4.69, 9.17) is 35.4 Å². The van der Waals surface area contributed by atoms with E-state index in [1.165, 1.54) is 18.2 Å². The van der Waals surface area contributed by atoms with Gasteiger partial charge in [-0.1, -0.05) is 23.2 Å².